The monoisotopic (exact) mass is 216 g/mol. The fraction of sp³-hybridized carbons (Fsp3) is 0.667. The number of carbonyl (C=O) groups is 2. The van der Waals surface area contributed by atoms with Crippen molar-refractivity contribution in [2.75, 3.05) is 5.75 Å². The maximum Gasteiger partial charge on any atom is 0.149 e. The molecule has 2 nitrogen and oxygen atoms in total. The first-order chi connectivity index (χ1) is 6.16. The minimum absolute atomic E-state index is 0.0159. The van der Waals surface area contributed by atoms with Gasteiger partial charge >= 0.3 is 0 Å². The summed E-state index contributed by atoms with van der Waals surface area (Å²) in [6.07, 6.45) is 1.73. The maximum absolute atomic E-state index is 11.4. The third kappa shape index (κ3) is 2.61. The first kappa shape index (κ1) is 10.9. The molecule has 1 rings (SSSR count). The van der Waals surface area contributed by atoms with E-state index in [0.29, 0.717) is 23.5 Å². The van der Waals surface area contributed by atoms with Crippen LogP contribution >= 0.6 is 24.0 Å². The Hall–Kier alpha value is -0.220. The molecular weight excluding hydrogens is 204 g/mol. The summed E-state index contributed by atoms with van der Waals surface area (Å²) in [5, 5.41) is 0. The number of hydrogen-bond acceptors (Lipinski definition) is 4. The molecule has 0 aromatic rings. The van der Waals surface area contributed by atoms with Crippen LogP contribution in [0.3, 0.4) is 0 Å². The average molecular weight is 216 g/mol. The highest BCUT2D eigenvalue weighted by Gasteiger charge is 2.32. The van der Waals surface area contributed by atoms with E-state index < -0.39 is 5.92 Å². The summed E-state index contributed by atoms with van der Waals surface area (Å²) in [6, 6.07) is 0. The number of carbonyl (C=O) groups excluding carboxylic acids is 2. The minimum Gasteiger partial charge on any atom is -0.298 e. The second kappa shape index (κ2) is 4.86. The molecule has 0 saturated heterocycles. The first-order valence-corrected chi connectivity index (χ1v) is 5.78. The predicted molar refractivity (Wildman–Crippen MR) is 58.1 cm³/mol. The van der Waals surface area contributed by atoms with Gasteiger partial charge in [-0.25, -0.2) is 0 Å². The highest BCUT2D eigenvalue weighted by molar-refractivity contribution is 8.23. The van der Waals surface area contributed by atoms with Crippen LogP contribution in [0, 0.1) is 5.92 Å². The van der Waals surface area contributed by atoms with E-state index in [9.17, 15) is 9.59 Å². The molecule has 1 aliphatic carbocycles. The van der Waals surface area contributed by atoms with Crippen molar-refractivity contribution in [3.63, 3.8) is 0 Å². The smallest absolute Gasteiger partial charge is 0.149 e. The fourth-order valence-corrected chi connectivity index (χ4v) is 2.72. The Morgan fingerprint density at radius 1 is 1.46 bits per heavy atom. The average Bonchev–Trinajstić information content (AvgIpc) is 2.04. The van der Waals surface area contributed by atoms with Crippen LogP contribution in [0.4, 0.5) is 0 Å². The molecule has 0 radical (unpaired) electrons. The summed E-state index contributed by atoms with van der Waals surface area (Å²) in [5.41, 5.74) is 0. The number of thioether (sulfide) groups is 1. The minimum atomic E-state index is -0.575. The molecule has 1 aliphatic rings. The van der Waals surface area contributed by atoms with E-state index in [1.165, 1.54) is 11.8 Å². The molecule has 13 heavy (non-hydrogen) atoms. The Balaban J connectivity index is 2.68. The lowest BCUT2D eigenvalue weighted by Crippen LogP contribution is -2.33. The van der Waals surface area contributed by atoms with E-state index in [1.807, 2.05) is 6.92 Å². The van der Waals surface area contributed by atoms with Gasteiger partial charge in [0.05, 0.1) is 4.20 Å². The predicted octanol–water partition coefficient (Wildman–Crippen LogP) is 2.01. The highest BCUT2D eigenvalue weighted by atomic mass is 32.2. The normalized spacial score (nSPS) is 19.2. The van der Waals surface area contributed by atoms with Crippen molar-refractivity contribution < 1.29 is 9.59 Å². The standard InChI is InChI=1S/C9H12O2S2/c1-2-13-9(12)8-6(10)4-3-5-7(8)11/h8H,2-5H2,1H3. The van der Waals surface area contributed by atoms with Gasteiger partial charge in [-0.15, -0.1) is 11.8 Å². The van der Waals surface area contributed by atoms with Gasteiger partial charge in [0.2, 0.25) is 0 Å². The molecule has 0 bridgehead atoms. The Labute approximate surface area is 87.5 Å². The summed E-state index contributed by atoms with van der Waals surface area (Å²) in [6.45, 7) is 1.97. The Morgan fingerprint density at radius 2 is 2.00 bits per heavy atom. The van der Waals surface area contributed by atoms with Crippen molar-refractivity contribution in [1.29, 1.82) is 0 Å². The van der Waals surface area contributed by atoms with Gasteiger partial charge in [0.25, 0.3) is 0 Å². The molecule has 4 heteroatoms. The van der Waals surface area contributed by atoms with Crippen LogP contribution in [-0.2, 0) is 9.59 Å². The van der Waals surface area contributed by atoms with Crippen LogP contribution in [0.2, 0.25) is 0 Å². The van der Waals surface area contributed by atoms with Gasteiger partial charge in [0.1, 0.15) is 17.5 Å². The molecule has 0 spiro atoms. The van der Waals surface area contributed by atoms with Gasteiger partial charge in [-0.05, 0) is 12.2 Å². The number of rotatable bonds is 2. The fourth-order valence-electron chi connectivity index (χ4n) is 1.39. The summed E-state index contributed by atoms with van der Waals surface area (Å²) in [7, 11) is 0. The molecule has 1 saturated carbocycles. The van der Waals surface area contributed by atoms with Gasteiger partial charge in [-0.2, -0.15) is 0 Å². The topological polar surface area (TPSA) is 34.1 Å². The second-order valence-corrected chi connectivity index (χ2v) is 4.98. The number of thiocarbonyl (C=S) groups is 1. The number of hydrogen-bond donors (Lipinski definition) is 0. The van der Waals surface area contributed by atoms with Crippen molar-refractivity contribution in [1.82, 2.24) is 0 Å². The molecule has 0 unspecified atom stereocenters. The van der Waals surface area contributed by atoms with Gasteiger partial charge in [0.15, 0.2) is 0 Å². The van der Waals surface area contributed by atoms with Gasteiger partial charge in [-0.1, -0.05) is 19.1 Å². The summed E-state index contributed by atoms with van der Waals surface area (Å²) in [5.74, 6) is 0.286. The molecule has 0 aliphatic heterocycles. The molecule has 0 aromatic carbocycles. The van der Waals surface area contributed by atoms with Crippen LogP contribution in [0.5, 0.6) is 0 Å². The third-order valence-corrected chi connectivity index (χ3v) is 3.41. The Morgan fingerprint density at radius 3 is 2.46 bits per heavy atom. The SMILES string of the molecule is CCSC(=S)C1C(=O)CCCC1=O. The zero-order valence-corrected chi connectivity index (χ0v) is 9.17. The molecular formula is C9H12O2S2. The maximum atomic E-state index is 11.4. The van der Waals surface area contributed by atoms with Crippen LogP contribution in [0.25, 0.3) is 0 Å². The van der Waals surface area contributed by atoms with Crippen molar-refractivity contribution >= 4 is 39.7 Å². The van der Waals surface area contributed by atoms with E-state index in [2.05, 4.69) is 0 Å². The van der Waals surface area contributed by atoms with E-state index in [4.69, 9.17) is 12.2 Å². The lowest BCUT2D eigenvalue weighted by molar-refractivity contribution is -0.132. The van der Waals surface area contributed by atoms with E-state index in [-0.39, 0.29) is 11.6 Å². The van der Waals surface area contributed by atoms with Crippen LogP contribution in [-0.4, -0.2) is 21.5 Å². The van der Waals surface area contributed by atoms with E-state index >= 15 is 0 Å². The van der Waals surface area contributed by atoms with Crippen molar-refractivity contribution in [2.24, 2.45) is 5.92 Å². The molecule has 0 atom stereocenters. The van der Waals surface area contributed by atoms with E-state index in [1.54, 1.807) is 0 Å². The molecule has 0 aromatic heterocycles. The van der Waals surface area contributed by atoms with Crippen LogP contribution in [0.15, 0.2) is 0 Å². The zero-order chi connectivity index (χ0) is 9.84. The zero-order valence-electron chi connectivity index (χ0n) is 7.54. The first-order valence-electron chi connectivity index (χ1n) is 4.39. The Bertz CT molecular complexity index is 232. The van der Waals surface area contributed by atoms with Gasteiger partial charge in [0, 0.05) is 12.8 Å². The molecule has 0 heterocycles. The highest BCUT2D eigenvalue weighted by Crippen LogP contribution is 2.23. The summed E-state index contributed by atoms with van der Waals surface area (Å²) >= 11 is 6.48. The van der Waals surface area contributed by atoms with Gasteiger partial charge in [-0.3, -0.25) is 9.59 Å². The van der Waals surface area contributed by atoms with Crippen molar-refractivity contribution in [3.8, 4) is 0 Å². The molecule has 72 valence electrons. The molecule has 0 N–H and O–H groups in total. The largest absolute Gasteiger partial charge is 0.298 e. The lowest BCUT2D eigenvalue weighted by atomic mass is 9.88. The number of Topliss-reactive ketones (excluding diaryl/α,β-unsaturated/α-hetero) is 2. The van der Waals surface area contributed by atoms with Crippen LogP contribution < -0.4 is 0 Å². The number of ketones is 2. The second-order valence-electron chi connectivity index (χ2n) is 2.97. The lowest BCUT2D eigenvalue weighted by Gasteiger charge is -2.19. The summed E-state index contributed by atoms with van der Waals surface area (Å²) < 4.78 is 0.567. The van der Waals surface area contributed by atoms with E-state index in [0.717, 1.165) is 5.75 Å². The molecule has 1 fully saturated rings. The summed E-state index contributed by atoms with van der Waals surface area (Å²) in [4.78, 5) is 22.8. The quantitative estimate of drug-likeness (QED) is 0.522. The third-order valence-electron chi connectivity index (χ3n) is 2.01. The van der Waals surface area contributed by atoms with Crippen LogP contribution in [0.1, 0.15) is 26.2 Å². The molecule has 0 amide bonds. The van der Waals surface area contributed by atoms with Gasteiger partial charge < -0.3 is 0 Å². The Kier molecular flexibility index (Phi) is 4.06. The van der Waals surface area contributed by atoms with Crippen molar-refractivity contribution in [2.45, 2.75) is 26.2 Å². The van der Waals surface area contributed by atoms with Crippen molar-refractivity contribution in [3.05, 3.63) is 0 Å².